The number of aryl methyl sites for hydroxylation is 1. The molecule has 0 heterocycles. The molecule has 2 heteroatoms. The second-order valence-corrected chi connectivity index (χ2v) is 9.64. The Kier molecular flexibility index (Phi) is 5.00. The van der Waals surface area contributed by atoms with Gasteiger partial charge < -0.3 is 10.2 Å². The molecule has 0 aromatic heterocycles. The minimum Gasteiger partial charge on any atom is -0.508 e. The predicted molar refractivity (Wildman–Crippen MR) is 106 cm³/mol. The maximum atomic E-state index is 11.7. The molecule has 2 atom stereocenters. The summed E-state index contributed by atoms with van der Waals surface area (Å²) < 4.78 is 0. The highest BCUT2D eigenvalue weighted by molar-refractivity contribution is 5.43. The quantitative estimate of drug-likeness (QED) is 0.737. The highest BCUT2D eigenvalue weighted by atomic mass is 16.3. The zero-order valence-electron chi connectivity index (χ0n) is 17.1. The number of aromatic hydroxyl groups is 1. The number of aliphatic hydroxyl groups is 1. The molecule has 1 aliphatic rings. The van der Waals surface area contributed by atoms with Crippen molar-refractivity contribution in [2.75, 3.05) is 0 Å². The molecule has 1 aliphatic carbocycles. The van der Waals surface area contributed by atoms with Gasteiger partial charge in [0.1, 0.15) is 5.75 Å². The average Bonchev–Trinajstić information content (AvgIpc) is 2.44. The average molecular weight is 343 g/mol. The number of benzene rings is 1. The molecule has 2 unspecified atom stereocenters. The second kappa shape index (κ2) is 6.32. The Balaban J connectivity index is 2.64. The maximum Gasteiger partial charge on any atom is 0.118 e. The van der Waals surface area contributed by atoms with Crippen LogP contribution in [0.4, 0.5) is 0 Å². The van der Waals surface area contributed by atoms with Gasteiger partial charge in [0.2, 0.25) is 0 Å². The van der Waals surface area contributed by atoms with Crippen LogP contribution in [-0.4, -0.2) is 15.8 Å². The van der Waals surface area contributed by atoms with Crippen LogP contribution in [0.25, 0.3) is 0 Å². The van der Waals surface area contributed by atoms with E-state index in [1.165, 1.54) is 11.1 Å². The van der Waals surface area contributed by atoms with Gasteiger partial charge in [-0.25, -0.2) is 0 Å². The van der Waals surface area contributed by atoms with E-state index in [4.69, 9.17) is 0 Å². The van der Waals surface area contributed by atoms with Crippen molar-refractivity contribution < 1.29 is 10.2 Å². The van der Waals surface area contributed by atoms with Crippen LogP contribution >= 0.6 is 0 Å². The van der Waals surface area contributed by atoms with E-state index < -0.39 is 5.60 Å². The molecule has 2 nitrogen and oxygen atoms in total. The number of rotatable bonds is 2. The van der Waals surface area contributed by atoms with E-state index in [9.17, 15) is 10.2 Å². The van der Waals surface area contributed by atoms with Crippen LogP contribution in [-0.2, 0) is 6.42 Å². The summed E-state index contributed by atoms with van der Waals surface area (Å²) >= 11 is 0. The Bertz CT molecular complexity index is 711. The third-order valence-electron chi connectivity index (χ3n) is 5.56. The molecular formula is C23H34O2. The molecule has 2 rings (SSSR count). The summed E-state index contributed by atoms with van der Waals surface area (Å²) in [4.78, 5) is 0. The number of phenolic OH excluding ortho intramolecular Hbond substituents is 1. The first-order valence-electron chi connectivity index (χ1n) is 9.19. The maximum absolute atomic E-state index is 11.7. The summed E-state index contributed by atoms with van der Waals surface area (Å²) in [5, 5.41) is 22.1. The summed E-state index contributed by atoms with van der Waals surface area (Å²) in [5.74, 6) is 0.229. The van der Waals surface area contributed by atoms with Crippen LogP contribution in [0, 0.1) is 23.7 Å². The minimum atomic E-state index is -0.967. The van der Waals surface area contributed by atoms with E-state index in [1.54, 1.807) is 6.07 Å². The first kappa shape index (κ1) is 19.8. The molecule has 0 spiro atoms. The fraction of sp³-hybridized carbons (Fsp3) is 0.565. The molecule has 0 saturated heterocycles. The van der Waals surface area contributed by atoms with Gasteiger partial charge >= 0.3 is 0 Å². The smallest absolute Gasteiger partial charge is 0.118 e. The summed E-state index contributed by atoms with van der Waals surface area (Å²) in [6.45, 7) is 17.0. The zero-order valence-corrected chi connectivity index (χ0v) is 17.1. The lowest BCUT2D eigenvalue weighted by molar-refractivity contribution is -0.0578. The number of hydrogen-bond acceptors (Lipinski definition) is 2. The zero-order chi connectivity index (χ0) is 19.2. The SMILES string of the molecule is CC1=C(C(C)(C)C)C(Cc2cc(C)ccc2O)C(O)(C(C)(C)C)C=C1. The molecule has 1 aromatic carbocycles. The van der Waals surface area contributed by atoms with Gasteiger partial charge in [-0.05, 0) is 42.7 Å². The topological polar surface area (TPSA) is 40.5 Å². The largest absolute Gasteiger partial charge is 0.508 e. The fourth-order valence-corrected chi connectivity index (χ4v) is 4.20. The fourth-order valence-electron chi connectivity index (χ4n) is 4.20. The van der Waals surface area contributed by atoms with Crippen molar-refractivity contribution in [2.45, 2.75) is 67.4 Å². The Labute approximate surface area is 153 Å². The lowest BCUT2D eigenvalue weighted by atomic mass is 9.58. The van der Waals surface area contributed by atoms with E-state index in [0.717, 1.165) is 11.1 Å². The van der Waals surface area contributed by atoms with Crippen LogP contribution in [0.15, 0.2) is 41.5 Å². The van der Waals surface area contributed by atoms with Crippen LogP contribution in [0.5, 0.6) is 5.75 Å². The van der Waals surface area contributed by atoms with Gasteiger partial charge in [-0.15, -0.1) is 0 Å². The molecule has 1 aromatic rings. The van der Waals surface area contributed by atoms with E-state index in [2.05, 4.69) is 54.5 Å². The third-order valence-corrected chi connectivity index (χ3v) is 5.56. The van der Waals surface area contributed by atoms with Crippen molar-refractivity contribution in [3.05, 3.63) is 52.6 Å². The Morgan fingerprint density at radius 3 is 2.16 bits per heavy atom. The Morgan fingerprint density at radius 1 is 1.04 bits per heavy atom. The van der Waals surface area contributed by atoms with Crippen molar-refractivity contribution in [2.24, 2.45) is 16.7 Å². The highest BCUT2D eigenvalue weighted by Crippen LogP contribution is 2.51. The van der Waals surface area contributed by atoms with E-state index >= 15 is 0 Å². The first-order chi connectivity index (χ1) is 11.3. The van der Waals surface area contributed by atoms with Gasteiger partial charge in [-0.2, -0.15) is 0 Å². The van der Waals surface area contributed by atoms with Gasteiger partial charge in [0.15, 0.2) is 0 Å². The molecule has 2 N–H and O–H groups in total. The molecule has 25 heavy (non-hydrogen) atoms. The predicted octanol–water partition coefficient (Wildman–Crippen LogP) is 5.57. The first-order valence-corrected chi connectivity index (χ1v) is 9.19. The second-order valence-electron chi connectivity index (χ2n) is 9.64. The van der Waals surface area contributed by atoms with Gasteiger partial charge in [-0.1, -0.05) is 82.5 Å². The third kappa shape index (κ3) is 3.69. The number of allylic oxidation sites excluding steroid dienone is 2. The standard InChI is InChI=1S/C23H34O2/c1-15-9-10-19(24)17(13-15)14-18-20(21(3,4)5)16(2)11-12-23(18,25)22(6,7)8/h9-13,18,24-25H,14H2,1-8H3. The van der Waals surface area contributed by atoms with E-state index in [1.807, 2.05) is 25.1 Å². The van der Waals surface area contributed by atoms with Crippen LogP contribution in [0.3, 0.4) is 0 Å². The summed E-state index contributed by atoms with van der Waals surface area (Å²) in [7, 11) is 0. The van der Waals surface area contributed by atoms with Crippen LogP contribution in [0.1, 0.15) is 59.6 Å². The molecular weight excluding hydrogens is 308 g/mol. The van der Waals surface area contributed by atoms with Gasteiger partial charge in [-0.3, -0.25) is 0 Å². The number of phenols is 1. The molecule has 0 saturated carbocycles. The lowest BCUT2D eigenvalue weighted by Crippen LogP contribution is -2.52. The van der Waals surface area contributed by atoms with Crippen molar-refractivity contribution in [1.29, 1.82) is 0 Å². The van der Waals surface area contributed by atoms with Crippen molar-refractivity contribution in [1.82, 2.24) is 0 Å². The van der Waals surface area contributed by atoms with Crippen molar-refractivity contribution in [3.63, 3.8) is 0 Å². The molecule has 138 valence electrons. The van der Waals surface area contributed by atoms with E-state index in [-0.39, 0.29) is 16.7 Å². The van der Waals surface area contributed by atoms with Crippen LogP contribution < -0.4 is 0 Å². The highest BCUT2D eigenvalue weighted by Gasteiger charge is 2.49. The molecule has 0 bridgehead atoms. The van der Waals surface area contributed by atoms with Gasteiger partial charge in [0, 0.05) is 5.92 Å². The molecule has 0 fully saturated rings. The van der Waals surface area contributed by atoms with Crippen LogP contribution in [0.2, 0.25) is 0 Å². The Hall–Kier alpha value is -1.54. The van der Waals surface area contributed by atoms with Gasteiger partial charge in [0.25, 0.3) is 0 Å². The van der Waals surface area contributed by atoms with Crippen molar-refractivity contribution in [3.8, 4) is 5.75 Å². The molecule has 0 amide bonds. The number of hydrogen-bond donors (Lipinski definition) is 2. The van der Waals surface area contributed by atoms with Gasteiger partial charge in [0.05, 0.1) is 5.60 Å². The normalized spacial score (nSPS) is 24.8. The lowest BCUT2D eigenvalue weighted by Gasteiger charge is -2.50. The summed E-state index contributed by atoms with van der Waals surface area (Å²) in [6.07, 6.45) is 4.66. The monoisotopic (exact) mass is 342 g/mol. The Morgan fingerprint density at radius 2 is 1.64 bits per heavy atom. The van der Waals surface area contributed by atoms with Crippen molar-refractivity contribution >= 4 is 0 Å². The summed E-state index contributed by atoms with van der Waals surface area (Å²) in [6, 6.07) is 5.71. The van der Waals surface area contributed by atoms with E-state index in [0.29, 0.717) is 12.2 Å². The minimum absolute atomic E-state index is 0.0574. The molecule has 0 radical (unpaired) electrons. The summed E-state index contributed by atoms with van der Waals surface area (Å²) in [5.41, 5.74) is 3.18. The molecule has 0 aliphatic heterocycles.